The van der Waals surface area contributed by atoms with E-state index in [1.807, 2.05) is 0 Å². The van der Waals surface area contributed by atoms with E-state index in [4.69, 9.17) is 21.1 Å². The fraction of sp³-hybridized carbons (Fsp3) is 0.185. The molecule has 2 heterocycles. The Kier molecular flexibility index (Phi) is 6.54. The number of benzene rings is 3. The summed E-state index contributed by atoms with van der Waals surface area (Å²) >= 11 is 6.01. The molecule has 0 saturated heterocycles. The van der Waals surface area contributed by atoms with E-state index in [9.17, 15) is 19.2 Å². The van der Waals surface area contributed by atoms with Gasteiger partial charge < -0.3 is 19.7 Å². The molecule has 1 unspecified atom stereocenters. The number of ether oxygens (including phenoxy) is 2. The van der Waals surface area contributed by atoms with Gasteiger partial charge in [-0.15, -0.1) is 0 Å². The molecular weight excluding hydrogens is 498 g/mol. The third-order valence-electron chi connectivity index (χ3n) is 6.25. The van der Waals surface area contributed by atoms with E-state index in [2.05, 4.69) is 5.32 Å². The maximum absolute atomic E-state index is 13.6. The second-order valence-electron chi connectivity index (χ2n) is 8.62. The van der Waals surface area contributed by atoms with Crippen LogP contribution in [-0.4, -0.2) is 47.8 Å². The number of nitrogens with zero attached hydrogens (tertiary/aromatic N) is 2. The average Bonchev–Trinajstić information content (AvgIpc) is 3.46. The second kappa shape index (κ2) is 9.94. The minimum Gasteiger partial charge on any atom is -0.454 e. The Bertz CT molecular complexity index is 1410. The van der Waals surface area contributed by atoms with E-state index in [0.29, 0.717) is 27.9 Å². The minimum absolute atomic E-state index is 0.0867. The van der Waals surface area contributed by atoms with Crippen LogP contribution in [0.3, 0.4) is 0 Å². The van der Waals surface area contributed by atoms with Gasteiger partial charge in [0, 0.05) is 23.3 Å². The molecule has 0 bridgehead atoms. The fourth-order valence-electron chi connectivity index (χ4n) is 4.22. The lowest BCUT2D eigenvalue weighted by molar-refractivity contribution is -0.138. The van der Waals surface area contributed by atoms with E-state index < -0.39 is 36.1 Å². The van der Waals surface area contributed by atoms with Crippen LogP contribution < -0.4 is 19.7 Å². The first-order valence-electron chi connectivity index (χ1n) is 11.5. The lowest BCUT2D eigenvalue weighted by atomic mass is 10.1. The number of para-hydroxylation sites is 1. The number of carbonyl (C=O) groups excluding carboxylic acids is 4. The first kappa shape index (κ1) is 24.3. The van der Waals surface area contributed by atoms with Crippen LogP contribution >= 0.6 is 11.6 Å². The molecular formula is C27H22ClN3O6. The largest absolute Gasteiger partial charge is 0.454 e. The van der Waals surface area contributed by atoms with Crippen molar-refractivity contribution < 1.29 is 28.7 Å². The SMILES string of the molecule is CC(C(=O)Nc1ccc2c(c1)OCO2)N(Cc1ccc(Cl)cc1)C(=O)CN1C(=O)C(=O)c2ccccc21. The van der Waals surface area contributed by atoms with Crippen LogP contribution in [0.5, 0.6) is 11.5 Å². The summed E-state index contributed by atoms with van der Waals surface area (Å²) in [5.74, 6) is -1.29. The van der Waals surface area contributed by atoms with Crippen LogP contribution in [0.2, 0.25) is 5.02 Å². The molecule has 0 spiro atoms. The lowest BCUT2D eigenvalue weighted by Gasteiger charge is -2.30. The van der Waals surface area contributed by atoms with Gasteiger partial charge in [0.15, 0.2) is 11.5 Å². The number of nitrogens with one attached hydrogen (secondary N) is 1. The Morgan fingerprint density at radius 3 is 2.54 bits per heavy atom. The molecule has 3 amide bonds. The number of hydrogen-bond donors (Lipinski definition) is 1. The highest BCUT2D eigenvalue weighted by Gasteiger charge is 2.38. The first-order chi connectivity index (χ1) is 17.8. The molecule has 2 aliphatic heterocycles. The zero-order valence-corrected chi connectivity index (χ0v) is 20.5. The van der Waals surface area contributed by atoms with Gasteiger partial charge in [0.25, 0.3) is 11.7 Å². The number of rotatable bonds is 7. The van der Waals surface area contributed by atoms with Crippen molar-refractivity contribution in [3.8, 4) is 11.5 Å². The molecule has 188 valence electrons. The van der Waals surface area contributed by atoms with Crippen LogP contribution in [0.15, 0.2) is 66.7 Å². The predicted octanol–water partition coefficient (Wildman–Crippen LogP) is 3.65. The number of halogens is 1. The molecule has 9 nitrogen and oxygen atoms in total. The molecule has 3 aromatic rings. The second-order valence-corrected chi connectivity index (χ2v) is 9.06. The Morgan fingerprint density at radius 2 is 1.76 bits per heavy atom. The summed E-state index contributed by atoms with van der Waals surface area (Å²) in [7, 11) is 0. The van der Waals surface area contributed by atoms with Gasteiger partial charge in [0.05, 0.1) is 11.3 Å². The zero-order chi connectivity index (χ0) is 26.1. The molecule has 5 rings (SSSR count). The number of ketones is 1. The summed E-state index contributed by atoms with van der Waals surface area (Å²) in [6.45, 7) is 1.40. The van der Waals surface area contributed by atoms with Crippen LogP contribution in [0.4, 0.5) is 11.4 Å². The van der Waals surface area contributed by atoms with Gasteiger partial charge in [-0.3, -0.25) is 24.1 Å². The van der Waals surface area contributed by atoms with Gasteiger partial charge in [-0.1, -0.05) is 35.9 Å². The number of hydrogen-bond acceptors (Lipinski definition) is 6. The van der Waals surface area contributed by atoms with Crippen molar-refractivity contribution in [1.82, 2.24) is 4.90 Å². The van der Waals surface area contributed by atoms with Crippen LogP contribution in [0, 0.1) is 0 Å². The number of carbonyl (C=O) groups is 4. The number of Topliss-reactive ketones (excluding diaryl/α,β-unsaturated/α-hetero) is 1. The van der Waals surface area contributed by atoms with Crippen molar-refractivity contribution in [3.63, 3.8) is 0 Å². The van der Waals surface area contributed by atoms with Gasteiger partial charge in [-0.2, -0.15) is 0 Å². The lowest BCUT2D eigenvalue weighted by Crippen LogP contribution is -2.49. The summed E-state index contributed by atoms with van der Waals surface area (Å²) in [6.07, 6.45) is 0. The minimum atomic E-state index is -0.919. The van der Waals surface area contributed by atoms with Crippen molar-refractivity contribution in [2.45, 2.75) is 19.5 Å². The van der Waals surface area contributed by atoms with Crippen molar-refractivity contribution in [1.29, 1.82) is 0 Å². The summed E-state index contributed by atoms with van der Waals surface area (Å²) in [5, 5.41) is 3.34. The van der Waals surface area contributed by atoms with E-state index in [-0.39, 0.29) is 18.9 Å². The Hall–Kier alpha value is -4.37. The van der Waals surface area contributed by atoms with Gasteiger partial charge in [-0.05, 0) is 48.9 Å². The zero-order valence-electron chi connectivity index (χ0n) is 19.8. The van der Waals surface area contributed by atoms with Crippen molar-refractivity contribution in [3.05, 3.63) is 82.9 Å². The topological polar surface area (TPSA) is 105 Å². The predicted molar refractivity (Wildman–Crippen MR) is 136 cm³/mol. The molecule has 0 aromatic heterocycles. The molecule has 1 atom stereocenters. The Morgan fingerprint density at radius 1 is 1.03 bits per heavy atom. The quantitative estimate of drug-likeness (QED) is 0.478. The van der Waals surface area contributed by atoms with E-state index >= 15 is 0 Å². The normalized spacial score (nSPS) is 14.4. The smallest absolute Gasteiger partial charge is 0.299 e. The van der Waals surface area contributed by atoms with Crippen molar-refractivity contribution in [2.24, 2.45) is 0 Å². The first-order valence-corrected chi connectivity index (χ1v) is 11.9. The summed E-state index contributed by atoms with van der Waals surface area (Å²) in [4.78, 5) is 54.3. The molecule has 0 radical (unpaired) electrons. The Balaban J connectivity index is 1.38. The van der Waals surface area contributed by atoms with Gasteiger partial charge in [-0.25, -0.2) is 0 Å². The molecule has 1 N–H and O–H groups in total. The molecule has 2 aliphatic rings. The molecule has 10 heteroatoms. The Labute approximate surface area is 217 Å². The summed E-state index contributed by atoms with van der Waals surface area (Å²) in [5.41, 5.74) is 1.84. The molecule has 0 fully saturated rings. The van der Waals surface area contributed by atoms with Crippen LogP contribution in [-0.2, 0) is 20.9 Å². The highest BCUT2D eigenvalue weighted by Crippen LogP contribution is 2.34. The van der Waals surface area contributed by atoms with E-state index in [0.717, 1.165) is 10.5 Å². The molecule has 3 aromatic carbocycles. The highest BCUT2D eigenvalue weighted by atomic mass is 35.5. The van der Waals surface area contributed by atoms with Gasteiger partial charge in [0.1, 0.15) is 12.6 Å². The highest BCUT2D eigenvalue weighted by molar-refractivity contribution is 6.52. The summed E-state index contributed by atoms with van der Waals surface area (Å²) in [6, 6.07) is 17.5. The number of amides is 3. The van der Waals surface area contributed by atoms with Gasteiger partial charge >= 0.3 is 0 Å². The third-order valence-corrected chi connectivity index (χ3v) is 6.50. The van der Waals surface area contributed by atoms with E-state index in [1.54, 1.807) is 73.7 Å². The number of fused-ring (bicyclic) bond motifs is 2. The summed E-state index contributed by atoms with van der Waals surface area (Å²) < 4.78 is 10.7. The van der Waals surface area contributed by atoms with Crippen LogP contribution in [0.25, 0.3) is 0 Å². The van der Waals surface area contributed by atoms with Gasteiger partial charge in [0.2, 0.25) is 18.6 Å². The molecule has 37 heavy (non-hydrogen) atoms. The monoisotopic (exact) mass is 519 g/mol. The standard InChI is InChI=1S/C27H22ClN3O6/c1-16(26(34)29-19-10-11-22-23(12-19)37-15-36-22)30(13-17-6-8-18(28)9-7-17)24(32)14-31-21-5-3-2-4-20(21)25(33)27(31)35/h2-12,16H,13-15H2,1H3,(H,29,34). The van der Waals surface area contributed by atoms with Crippen LogP contribution in [0.1, 0.15) is 22.8 Å². The van der Waals surface area contributed by atoms with Crippen molar-refractivity contribution in [2.75, 3.05) is 23.6 Å². The van der Waals surface area contributed by atoms with E-state index in [1.165, 1.54) is 4.90 Å². The third kappa shape index (κ3) is 4.85. The molecule has 0 saturated carbocycles. The van der Waals surface area contributed by atoms with Crippen molar-refractivity contribution >= 4 is 46.5 Å². The average molecular weight is 520 g/mol. The molecule has 0 aliphatic carbocycles. The maximum atomic E-state index is 13.6. The fourth-order valence-corrected chi connectivity index (χ4v) is 4.35. The number of anilines is 2. The maximum Gasteiger partial charge on any atom is 0.299 e.